The zero-order valence-electron chi connectivity index (χ0n) is 10.6. The predicted molar refractivity (Wildman–Crippen MR) is 73.1 cm³/mol. The zero-order valence-corrected chi connectivity index (χ0v) is 10.6. The summed E-state index contributed by atoms with van der Waals surface area (Å²) in [5, 5.41) is 0. The highest BCUT2D eigenvalue weighted by atomic mass is 16.1. The lowest BCUT2D eigenvalue weighted by Gasteiger charge is -2.10. The molecule has 4 heteroatoms. The normalized spacial score (nSPS) is 10.8. The lowest BCUT2D eigenvalue weighted by atomic mass is 10.1. The molecule has 0 unspecified atom stereocenters. The van der Waals surface area contributed by atoms with Gasteiger partial charge in [0.15, 0.2) is 0 Å². The lowest BCUT2D eigenvalue weighted by molar-refractivity contribution is 0.739. The summed E-state index contributed by atoms with van der Waals surface area (Å²) in [5.41, 5.74) is 8.51. The average molecular weight is 245 g/mol. The maximum Gasteiger partial charge on any atom is 0.330 e. The summed E-state index contributed by atoms with van der Waals surface area (Å²) in [5.74, 6) is 0. The van der Waals surface area contributed by atoms with E-state index in [-0.39, 0.29) is 5.69 Å². The zero-order chi connectivity index (χ0) is 13.0. The molecule has 1 aromatic heterocycles. The van der Waals surface area contributed by atoms with Gasteiger partial charge >= 0.3 is 5.69 Å². The molecule has 96 valence electrons. The van der Waals surface area contributed by atoms with Crippen LogP contribution in [0.15, 0.2) is 35.3 Å². The summed E-state index contributed by atoms with van der Waals surface area (Å²) in [6.07, 6.45) is 4.74. The van der Waals surface area contributed by atoms with Gasteiger partial charge in [0.1, 0.15) is 0 Å². The first-order valence-electron chi connectivity index (χ1n) is 6.29. The van der Waals surface area contributed by atoms with Crippen LogP contribution in [0.4, 0.5) is 0 Å². The molecule has 1 aromatic carbocycles. The highest BCUT2D eigenvalue weighted by Gasteiger charge is 2.08. The van der Waals surface area contributed by atoms with Crippen LogP contribution in [0.25, 0.3) is 5.69 Å². The van der Waals surface area contributed by atoms with E-state index >= 15 is 0 Å². The average Bonchev–Trinajstić information content (AvgIpc) is 2.70. The fourth-order valence-electron chi connectivity index (χ4n) is 2.16. The number of rotatable bonds is 5. The smallest absolute Gasteiger partial charge is 0.330 e. The molecule has 2 rings (SSSR count). The molecular formula is C14H19N3O. The predicted octanol–water partition coefficient (Wildman–Crippen LogP) is 1.76. The Hall–Kier alpha value is -1.81. The third kappa shape index (κ3) is 2.54. The second kappa shape index (κ2) is 5.69. The number of unbranched alkanes of at least 4 members (excludes halogenated alkanes) is 1. The molecule has 0 saturated heterocycles. The van der Waals surface area contributed by atoms with Crippen molar-refractivity contribution in [1.82, 2.24) is 9.55 Å². The molecular weight excluding hydrogens is 226 g/mol. The van der Waals surface area contributed by atoms with Crippen molar-refractivity contribution in [3.8, 4) is 5.69 Å². The summed E-state index contributed by atoms with van der Waals surface area (Å²) in [6, 6.07) is 8.03. The Labute approximate surface area is 106 Å². The number of nitrogens with two attached hydrogens (primary N) is 1. The summed E-state index contributed by atoms with van der Waals surface area (Å²) < 4.78 is 1.72. The van der Waals surface area contributed by atoms with E-state index < -0.39 is 0 Å². The number of nitrogens with one attached hydrogen (secondary N) is 1. The molecule has 0 radical (unpaired) electrons. The van der Waals surface area contributed by atoms with Crippen LogP contribution in [0.5, 0.6) is 0 Å². The number of nitrogens with zero attached hydrogens (tertiary/aromatic N) is 1. The SMILES string of the molecule is Cc1c[nH]c(=O)n1-c1ccccc1CCCCN. The Morgan fingerprint density at radius 1 is 1.28 bits per heavy atom. The number of H-pyrrole nitrogens is 1. The van der Waals surface area contributed by atoms with E-state index in [2.05, 4.69) is 11.1 Å². The number of hydrogen-bond acceptors (Lipinski definition) is 2. The number of benzene rings is 1. The van der Waals surface area contributed by atoms with E-state index in [1.807, 2.05) is 25.1 Å². The minimum Gasteiger partial charge on any atom is -0.330 e. The molecule has 0 spiro atoms. The number of aryl methyl sites for hydroxylation is 2. The Kier molecular flexibility index (Phi) is 3.99. The van der Waals surface area contributed by atoms with Gasteiger partial charge in [-0.1, -0.05) is 18.2 Å². The van der Waals surface area contributed by atoms with Crippen molar-refractivity contribution in [3.63, 3.8) is 0 Å². The van der Waals surface area contributed by atoms with Gasteiger partial charge in [0, 0.05) is 11.9 Å². The summed E-state index contributed by atoms with van der Waals surface area (Å²) in [4.78, 5) is 14.5. The van der Waals surface area contributed by atoms with Crippen molar-refractivity contribution in [1.29, 1.82) is 0 Å². The van der Waals surface area contributed by atoms with Gasteiger partial charge in [-0.2, -0.15) is 0 Å². The van der Waals surface area contributed by atoms with Gasteiger partial charge in [-0.05, 0) is 44.4 Å². The number of imidazole rings is 1. The van der Waals surface area contributed by atoms with Gasteiger partial charge in [-0.15, -0.1) is 0 Å². The number of aromatic nitrogens is 2. The standard InChI is InChI=1S/C14H19N3O/c1-11-10-16-14(18)17(11)13-8-3-2-6-12(13)7-4-5-9-15/h2-3,6,8,10H,4-5,7,9,15H2,1H3,(H,16,18). The molecule has 0 aliphatic carbocycles. The second-order valence-electron chi connectivity index (χ2n) is 4.45. The third-order valence-electron chi connectivity index (χ3n) is 3.09. The molecule has 0 aliphatic heterocycles. The third-order valence-corrected chi connectivity index (χ3v) is 3.09. The van der Waals surface area contributed by atoms with Crippen molar-refractivity contribution < 1.29 is 0 Å². The van der Waals surface area contributed by atoms with E-state index in [0.29, 0.717) is 6.54 Å². The topological polar surface area (TPSA) is 63.8 Å². The molecule has 1 heterocycles. The molecule has 0 atom stereocenters. The minimum atomic E-state index is -0.0845. The van der Waals surface area contributed by atoms with Crippen LogP contribution < -0.4 is 11.4 Å². The van der Waals surface area contributed by atoms with Gasteiger partial charge in [0.2, 0.25) is 0 Å². The van der Waals surface area contributed by atoms with Gasteiger partial charge in [0.05, 0.1) is 5.69 Å². The van der Waals surface area contributed by atoms with E-state index in [1.165, 1.54) is 5.56 Å². The Balaban J connectivity index is 2.36. The fourth-order valence-corrected chi connectivity index (χ4v) is 2.16. The Bertz CT molecular complexity index is 568. The molecule has 0 saturated carbocycles. The van der Waals surface area contributed by atoms with Crippen LogP contribution in [0.1, 0.15) is 24.1 Å². The Morgan fingerprint density at radius 3 is 2.72 bits per heavy atom. The van der Waals surface area contributed by atoms with E-state index in [0.717, 1.165) is 30.6 Å². The molecule has 0 bridgehead atoms. The number of para-hydroxylation sites is 1. The summed E-state index contributed by atoms with van der Waals surface area (Å²) in [6.45, 7) is 2.64. The van der Waals surface area contributed by atoms with E-state index in [1.54, 1.807) is 10.8 Å². The highest BCUT2D eigenvalue weighted by Crippen LogP contribution is 2.16. The minimum absolute atomic E-state index is 0.0845. The molecule has 0 aliphatic rings. The number of aromatic amines is 1. The van der Waals surface area contributed by atoms with E-state index in [4.69, 9.17) is 5.73 Å². The monoisotopic (exact) mass is 245 g/mol. The van der Waals surface area contributed by atoms with Crippen molar-refractivity contribution in [2.45, 2.75) is 26.2 Å². The lowest BCUT2D eigenvalue weighted by Crippen LogP contribution is -2.17. The van der Waals surface area contributed by atoms with Crippen molar-refractivity contribution in [2.75, 3.05) is 6.54 Å². The first-order valence-corrected chi connectivity index (χ1v) is 6.29. The fraction of sp³-hybridized carbons (Fsp3) is 0.357. The summed E-state index contributed by atoms with van der Waals surface area (Å²) >= 11 is 0. The molecule has 2 aromatic rings. The largest absolute Gasteiger partial charge is 0.330 e. The first-order chi connectivity index (χ1) is 8.74. The van der Waals surface area contributed by atoms with Crippen molar-refractivity contribution in [3.05, 3.63) is 52.2 Å². The first kappa shape index (κ1) is 12.6. The molecule has 4 nitrogen and oxygen atoms in total. The van der Waals surface area contributed by atoms with Gasteiger partial charge in [0.25, 0.3) is 0 Å². The van der Waals surface area contributed by atoms with Crippen LogP contribution in [0.2, 0.25) is 0 Å². The quantitative estimate of drug-likeness (QED) is 0.788. The van der Waals surface area contributed by atoms with E-state index in [9.17, 15) is 4.79 Å². The van der Waals surface area contributed by atoms with Gasteiger partial charge in [-0.3, -0.25) is 4.57 Å². The Morgan fingerprint density at radius 2 is 2.06 bits per heavy atom. The van der Waals surface area contributed by atoms with Crippen molar-refractivity contribution in [2.24, 2.45) is 5.73 Å². The molecule has 0 fully saturated rings. The maximum absolute atomic E-state index is 11.8. The second-order valence-corrected chi connectivity index (χ2v) is 4.45. The van der Waals surface area contributed by atoms with Crippen LogP contribution in [-0.4, -0.2) is 16.1 Å². The van der Waals surface area contributed by atoms with Crippen LogP contribution in [-0.2, 0) is 6.42 Å². The highest BCUT2D eigenvalue weighted by molar-refractivity contribution is 5.42. The van der Waals surface area contributed by atoms with Crippen LogP contribution >= 0.6 is 0 Å². The summed E-state index contributed by atoms with van der Waals surface area (Å²) in [7, 11) is 0. The maximum atomic E-state index is 11.8. The molecule has 0 amide bonds. The van der Waals surface area contributed by atoms with Gasteiger partial charge in [-0.25, -0.2) is 4.79 Å². The van der Waals surface area contributed by atoms with Crippen molar-refractivity contribution >= 4 is 0 Å². The van der Waals surface area contributed by atoms with Crippen LogP contribution in [0.3, 0.4) is 0 Å². The molecule has 3 N–H and O–H groups in total. The van der Waals surface area contributed by atoms with Crippen LogP contribution in [0, 0.1) is 6.92 Å². The number of hydrogen-bond donors (Lipinski definition) is 2. The molecule has 18 heavy (non-hydrogen) atoms. The van der Waals surface area contributed by atoms with Gasteiger partial charge < -0.3 is 10.7 Å².